The summed E-state index contributed by atoms with van der Waals surface area (Å²) in [5, 5.41) is 11.4. The van der Waals surface area contributed by atoms with Gasteiger partial charge in [0.15, 0.2) is 0 Å². The highest BCUT2D eigenvalue weighted by Crippen LogP contribution is 2.39. The van der Waals surface area contributed by atoms with Crippen LogP contribution in [0.4, 0.5) is 0 Å². The fourth-order valence-electron chi connectivity index (χ4n) is 3.23. The van der Waals surface area contributed by atoms with E-state index < -0.39 is 17.7 Å². The Kier molecular flexibility index (Phi) is 6.02. The molecule has 0 radical (unpaired) electrons. The minimum Gasteiger partial charge on any atom is -0.507 e. The van der Waals surface area contributed by atoms with E-state index in [1.165, 1.54) is 19.1 Å². The van der Waals surface area contributed by atoms with Crippen molar-refractivity contribution in [3.8, 4) is 5.75 Å². The van der Waals surface area contributed by atoms with Gasteiger partial charge in [0.25, 0.3) is 11.7 Å². The SMILES string of the molecule is COCCN1C(=O)C(=O)C(=C(O)c2ccc(OC)cc2)[C@@H]1c1cccc(Cl)c1. The van der Waals surface area contributed by atoms with Crippen molar-refractivity contribution in [2.75, 3.05) is 27.4 Å². The minimum atomic E-state index is -0.754. The zero-order valence-corrected chi connectivity index (χ0v) is 16.3. The van der Waals surface area contributed by atoms with E-state index in [0.29, 0.717) is 21.9 Å². The van der Waals surface area contributed by atoms with Gasteiger partial charge >= 0.3 is 0 Å². The summed E-state index contributed by atoms with van der Waals surface area (Å²) in [7, 11) is 3.05. The van der Waals surface area contributed by atoms with Crippen molar-refractivity contribution >= 4 is 29.1 Å². The van der Waals surface area contributed by atoms with E-state index in [1.807, 2.05) is 0 Å². The Labute approximate surface area is 167 Å². The standard InChI is InChI=1S/C21H20ClNO5/c1-27-11-10-23-18(14-4-3-5-15(22)12-14)17(20(25)21(23)26)19(24)13-6-8-16(28-2)9-7-13/h3-9,12,18,24H,10-11H2,1-2H3/t18-/m0/s1. The molecule has 1 fully saturated rings. The number of hydrogen-bond donors (Lipinski definition) is 1. The molecule has 1 saturated heterocycles. The molecular formula is C21H20ClNO5. The molecule has 28 heavy (non-hydrogen) atoms. The first-order chi connectivity index (χ1) is 13.5. The lowest BCUT2D eigenvalue weighted by Gasteiger charge is -2.25. The number of benzene rings is 2. The molecule has 1 aliphatic rings. The van der Waals surface area contributed by atoms with Crippen LogP contribution in [0.2, 0.25) is 5.02 Å². The molecule has 1 amide bonds. The molecule has 0 bridgehead atoms. The number of rotatable bonds is 6. The molecule has 0 unspecified atom stereocenters. The zero-order valence-electron chi connectivity index (χ0n) is 15.5. The van der Waals surface area contributed by atoms with Crippen LogP contribution in [0.15, 0.2) is 54.1 Å². The smallest absolute Gasteiger partial charge is 0.295 e. The van der Waals surface area contributed by atoms with Crippen molar-refractivity contribution in [2.24, 2.45) is 0 Å². The monoisotopic (exact) mass is 401 g/mol. The molecule has 1 aliphatic heterocycles. The topological polar surface area (TPSA) is 76.1 Å². The second-order valence-electron chi connectivity index (χ2n) is 6.27. The van der Waals surface area contributed by atoms with Crippen LogP contribution in [0.1, 0.15) is 17.2 Å². The Bertz CT molecular complexity index is 923. The predicted octanol–water partition coefficient (Wildman–Crippen LogP) is 3.42. The maximum Gasteiger partial charge on any atom is 0.295 e. The van der Waals surface area contributed by atoms with Gasteiger partial charge in [0.05, 0.1) is 25.3 Å². The van der Waals surface area contributed by atoms with Crippen LogP contribution in [0.5, 0.6) is 5.75 Å². The van der Waals surface area contributed by atoms with Gasteiger partial charge < -0.3 is 19.5 Å². The second kappa shape index (κ2) is 8.46. The molecule has 1 heterocycles. The number of aliphatic hydroxyl groups excluding tert-OH is 1. The first kappa shape index (κ1) is 19.9. The number of carbonyl (C=O) groups is 2. The number of ether oxygens (including phenoxy) is 2. The summed E-state index contributed by atoms with van der Waals surface area (Å²) >= 11 is 6.12. The van der Waals surface area contributed by atoms with Crippen molar-refractivity contribution in [1.29, 1.82) is 0 Å². The van der Waals surface area contributed by atoms with Crippen LogP contribution in [0.3, 0.4) is 0 Å². The Balaban J connectivity index is 2.14. The van der Waals surface area contributed by atoms with E-state index in [1.54, 1.807) is 48.5 Å². The Morgan fingerprint density at radius 3 is 2.46 bits per heavy atom. The van der Waals surface area contributed by atoms with Gasteiger partial charge in [-0.15, -0.1) is 0 Å². The normalized spacial score (nSPS) is 18.5. The third kappa shape index (κ3) is 3.74. The number of hydrogen-bond acceptors (Lipinski definition) is 5. The van der Waals surface area contributed by atoms with E-state index in [9.17, 15) is 14.7 Å². The molecule has 0 aromatic heterocycles. The molecule has 7 heteroatoms. The zero-order chi connectivity index (χ0) is 20.3. The van der Waals surface area contributed by atoms with E-state index in [4.69, 9.17) is 21.1 Å². The largest absolute Gasteiger partial charge is 0.507 e. The molecule has 0 aliphatic carbocycles. The number of carbonyl (C=O) groups excluding carboxylic acids is 2. The highest BCUT2D eigenvalue weighted by Gasteiger charge is 2.45. The molecular weight excluding hydrogens is 382 g/mol. The summed E-state index contributed by atoms with van der Waals surface area (Å²) in [6.07, 6.45) is 0. The van der Waals surface area contributed by atoms with E-state index >= 15 is 0 Å². The van der Waals surface area contributed by atoms with Gasteiger partial charge in [0.1, 0.15) is 11.5 Å². The Morgan fingerprint density at radius 1 is 1.14 bits per heavy atom. The number of ketones is 1. The first-order valence-electron chi connectivity index (χ1n) is 8.65. The summed E-state index contributed by atoms with van der Waals surface area (Å²) in [5.41, 5.74) is 1.07. The van der Waals surface area contributed by atoms with Gasteiger partial charge in [-0.05, 0) is 42.0 Å². The number of halogens is 1. The minimum absolute atomic E-state index is 0.0218. The van der Waals surface area contributed by atoms with Crippen LogP contribution < -0.4 is 4.74 Å². The number of likely N-dealkylation sites (tertiary alicyclic amines) is 1. The molecule has 6 nitrogen and oxygen atoms in total. The molecule has 1 atom stereocenters. The number of amides is 1. The van der Waals surface area contributed by atoms with Gasteiger partial charge in [-0.1, -0.05) is 23.7 Å². The van der Waals surface area contributed by atoms with Crippen molar-refractivity contribution in [3.05, 3.63) is 70.3 Å². The highest BCUT2D eigenvalue weighted by atomic mass is 35.5. The molecule has 146 valence electrons. The molecule has 3 rings (SSSR count). The van der Waals surface area contributed by atoms with Crippen LogP contribution >= 0.6 is 11.6 Å². The van der Waals surface area contributed by atoms with E-state index in [-0.39, 0.29) is 24.5 Å². The van der Waals surface area contributed by atoms with Crippen LogP contribution in [-0.2, 0) is 14.3 Å². The second-order valence-corrected chi connectivity index (χ2v) is 6.71. The number of Topliss-reactive ketones (excluding diaryl/α,β-unsaturated/α-hetero) is 1. The van der Waals surface area contributed by atoms with E-state index in [2.05, 4.69) is 0 Å². The average molecular weight is 402 g/mol. The Hall–Kier alpha value is -2.83. The fraction of sp³-hybridized carbons (Fsp3) is 0.238. The number of methoxy groups -OCH3 is 2. The first-order valence-corrected chi connectivity index (χ1v) is 9.03. The van der Waals surface area contributed by atoms with Gasteiger partial charge in [-0.2, -0.15) is 0 Å². The van der Waals surface area contributed by atoms with Gasteiger partial charge in [-0.3, -0.25) is 9.59 Å². The maximum absolute atomic E-state index is 12.8. The van der Waals surface area contributed by atoms with E-state index in [0.717, 1.165) is 0 Å². The van der Waals surface area contributed by atoms with Crippen molar-refractivity contribution in [1.82, 2.24) is 4.90 Å². The maximum atomic E-state index is 12.8. The molecule has 1 N–H and O–H groups in total. The molecule has 2 aromatic rings. The Morgan fingerprint density at radius 2 is 1.86 bits per heavy atom. The predicted molar refractivity (Wildman–Crippen MR) is 105 cm³/mol. The van der Waals surface area contributed by atoms with Crippen LogP contribution in [0, 0.1) is 0 Å². The fourth-order valence-corrected chi connectivity index (χ4v) is 3.43. The summed E-state index contributed by atoms with van der Waals surface area (Å²) in [6.45, 7) is 0.463. The van der Waals surface area contributed by atoms with Gasteiger partial charge in [0, 0.05) is 24.2 Å². The van der Waals surface area contributed by atoms with Gasteiger partial charge in [-0.25, -0.2) is 0 Å². The van der Waals surface area contributed by atoms with Gasteiger partial charge in [0.2, 0.25) is 0 Å². The summed E-state index contributed by atoms with van der Waals surface area (Å²) in [5.74, 6) is -1.05. The number of aliphatic hydroxyl groups is 1. The third-order valence-corrected chi connectivity index (χ3v) is 4.84. The lowest BCUT2D eigenvalue weighted by Crippen LogP contribution is -2.32. The third-order valence-electron chi connectivity index (χ3n) is 4.60. The summed E-state index contributed by atoms with van der Waals surface area (Å²) < 4.78 is 10.2. The quantitative estimate of drug-likeness (QED) is 0.456. The van der Waals surface area contributed by atoms with Crippen LogP contribution in [-0.4, -0.2) is 49.1 Å². The van der Waals surface area contributed by atoms with Crippen molar-refractivity contribution in [3.63, 3.8) is 0 Å². The lowest BCUT2D eigenvalue weighted by molar-refractivity contribution is -0.140. The average Bonchev–Trinajstić information content (AvgIpc) is 2.96. The number of nitrogens with zero attached hydrogens (tertiary/aromatic N) is 1. The summed E-state index contributed by atoms with van der Waals surface area (Å²) in [6, 6.07) is 12.7. The molecule has 0 saturated carbocycles. The molecule has 0 spiro atoms. The summed E-state index contributed by atoms with van der Waals surface area (Å²) in [4.78, 5) is 26.8. The van der Waals surface area contributed by atoms with Crippen molar-refractivity contribution < 1.29 is 24.2 Å². The highest BCUT2D eigenvalue weighted by molar-refractivity contribution is 6.46. The van der Waals surface area contributed by atoms with Crippen molar-refractivity contribution in [2.45, 2.75) is 6.04 Å². The molecule has 2 aromatic carbocycles. The van der Waals surface area contributed by atoms with Crippen LogP contribution in [0.25, 0.3) is 5.76 Å². The lowest BCUT2D eigenvalue weighted by atomic mass is 9.95.